The monoisotopic (exact) mass is 303 g/mol. The smallest absolute Gasteiger partial charge is 0.241 e. The van der Waals surface area contributed by atoms with Gasteiger partial charge in [0.15, 0.2) is 0 Å². The predicted molar refractivity (Wildman–Crippen MR) is 74.8 cm³/mol. The highest BCUT2D eigenvalue weighted by Gasteiger charge is 2.28. The summed E-state index contributed by atoms with van der Waals surface area (Å²) in [6, 6.07) is 4.37. The first-order chi connectivity index (χ1) is 8.90. The molecule has 1 aliphatic carbocycles. The highest BCUT2D eigenvalue weighted by atomic mass is 35.5. The SMILES string of the molecule is Cc1ccc(Cl)cc1S(=O)(=O)N[C@H]1CCCC[C@@H]1O. The topological polar surface area (TPSA) is 66.4 Å². The molecule has 0 amide bonds. The molecule has 2 atom stereocenters. The van der Waals surface area contributed by atoms with Crippen LogP contribution in [0.2, 0.25) is 5.02 Å². The molecule has 1 saturated carbocycles. The van der Waals surface area contributed by atoms with Crippen molar-refractivity contribution in [3.05, 3.63) is 28.8 Å². The molecule has 0 saturated heterocycles. The lowest BCUT2D eigenvalue weighted by molar-refractivity contribution is 0.101. The van der Waals surface area contributed by atoms with Crippen molar-refractivity contribution in [3.63, 3.8) is 0 Å². The van der Waals surface area contributed by atoms with Crippen molar-refractivity contribution in [2.24, 2.45) is 0 Å². The van der Waals surface area contributed by atoms with Crippen LogP contribution in [0.4, 0.5) is 0 Å². The second-order valence-electron chi connectivity index (χ2n) is 4.99. The predicted octanol–water partition coefficient (Wildman–Crippen LogP) is 2.23. The number of sulfonamides is 1. The fraction of sp³-hybridized carbons (Fsp3) is 0.538. The third-order valence-electron chi connectivity index (χ3n) is 3.48. The Hall–Kier alpha value is -0.620. The quantitative estimate of drug-likeness (QED) is 0.900. The summed E-state index contributed by atoms with van der Waals surface area (Å²) in [5.41, 5.74) is 0.641. The van der Waals surface area contributed by atoms with Crippen LogP contribution in [0.1, 0.15) is 31.2 Å². The van der Waals surface area contributed by atoms with Gasteiger partial charge in [-0.1, -0.05) is 30.5 Å². The maximum absolute atomic E-state index is 12.3. The molecular weight excluding hydrogens is 286 g/mol. The molecule has 1 fully saturated rings. The second kappa shape index (κ2) is 5.79. The van der Waals surface area contributed by atoms with Gasteiger partial charge in [0, 0.05) is 11.1 Å². The van der Waals surface area contributed by atoms with E-state index < -0.39 is 22.2 Å². The highest BCUT2D eigenvalue weighted by molar-refractivity contribution is 7.89. The molecule has 0 radical (unpaired) electrons. The summed E-state index contributed by atoms with van der Waals surface area (Å²) in [4.78, 5) is 0.178. The molecule has 106 valence electrons. The lowest BCUT2D eigenvalue weighted by Gasteiger charge is -2.28. The Morgan fingerprint density at radius 2 is 2.00 bits per heavy atom. The zero-order chi connectivity index (χ0) is 14.0. The van der Waals surface area contributed by atoms with E-state index in [0.29, 0.717) is 23.4 Å². The molecule has 4 nitrogen and oxygen atoms in total. The molecule has 0 bridgehead atoms. The van der Waals surface area contributed by atoms with Crippen molar-refractivity contribution in [3.8, 4) is 0 Å². The molecule has 0 aromatic heterocycles. The summed E-state index contributed by atoms with van der Waals surface area (Å²) in [5.74, 6) is 0. The first-order valence-corrected chi connectivity index (χ1v) is 8.23. The van der Waals surface area contributed by atoms with E-state index in [1.807, 2.05) is 0 Å². The first-order valence-electron chi connectivity index (χ1n) is 6.37. The lowest BCUT2D eigenvalue weighted by Crippen LogP contribution is -2.45. The van der Waals surface area contributed by atoms with E-state index in [1.165, 1.54) is 6.07 Å². The zero-order valence-electron chi connectivity index (χ0n) is 10.8. The molecular formula is C13H18ClNO3S. The van der Waals surface area contributed by atoms with E-state index in [4.69, 9.17) is 11.6 Å². The molecule has 1 aliphatic rings. The molecule has 1 aromatic carbocycles. The minimum Gasteiger partial charge on any atom is -0.391 e. The molecule has 6 heteroatoms. The van der Waals surface area contributed by atoms with Crippen molar-refractivity contribution in [1.82, 2.24) is 4.72 Å². The van der Waals surface area contributed by atoms with Gasteiger partial charge in [-0.25, -0.2) is 13.1 Å². The van der Waals surface area contributed by atoms with Crippen molar-refractivity contribution in [1.29, 1.82) is 0 Å². The maximum atomic E-state index is 12.3. The Labute approximate surface area is 118 Å². The summed E-state index contributed by atoms with van der Waals surface area (Å²) in [5, 5.41) is 10.2. The molecule has 19 heavy (non-hydrogen) atoms. The minimum atomic E-state index is -3.64. The van der Waals surface area contributed by atoms with Gasteiger partial charge >= 0.3 is 0 Å². The summed E-state index contributed by atoms with van der Waals surface area (Å²) in [6.45, 7) is 1.72. The largest absolute Gasteiger partial charge is 0.391 e. The molecule has 2 N–H and O–H groups in total. The van der Waals surface area contributed by atoms with Crippen LogP contribution in [0.25, 0.3) is 0 Å². The fourth-order valence-corrected chi connectivity index (χ4v) is 4.19. The van der Waals surface area contributed by atoms with E-state index in [1.54, 1.807) is 19.1 Å². The summed E-state index contributed by atoms with van der Waals surface area (Å²) < 4.78 is 27.3. The van der Waals surface area contributed by atoms with E-state index in [9.17, 15) is 13.5 Å². The van der Waals surface area contributed by atoms with Crippen molar-refractivity contribution in [2.75, 3.05) is 0 Å². The molecule has 0 spiro atoms. The number of hydrogen-bond donors (Lipinski definition) is 2. The van der Waals surface area contributed by atoms with Crippen LogP contribution in [0.5, 0.6) is 0 Å². The zero-order valence-corrected chi connectivity index (χ0v) is 12.3. The Morgan fingerprint density at radius 3 is 2.68 bits per heavy atom. The average molecular weight is 304 g/mol. The molecule has 2 rings (SSSR count). The number of benzene rings is 1. The second-order valence-corrected chi connectivity index (χ2v) is 7.11. The number of aliphatic hydroxyl groups excluding tert-OH is 1. The van der Waals surface area contributed by atoms with Crippen LogP contribution in [0.15, 0.2) is 23.1 Å². The van der Waals surface area contributed by atoms with Crippen LogP contribution in [0, 0.1) is 6.92 Å². The Morgan fingerprint density at radius 1 is 1.32 bits per heavy atom. The van der Waals surface area contributed by atoms with Crippen LogP contribution >= 0.6 is 11.6 Å². The van der Waals surface area contributed by atoms with E-state index in [0.717, 1.165) is 12.8 Å². The minimum absolute atomic E-state index is 0.178. The number of aryl methyl sites for hydroxylation is 1. The maximum Gasteiger partial charge on any atom is 0.241 e. The number of hydrogen-bond acceptors (Lipinski definition) is 3. The Bertz CT molecular complexity index is 559. The highest BCUT2D eigenvalue weighted by Crippen LogP contribution is 2.23. The Balaban J connectivity index is 2.24. The van der Waals surface area contributed by atoms with Crippen molar-refractivity contribution in [2.45, 2.75) is 49.6 Å². The van der Waals surface area contributed by atoms with Gasteiger partial charge in [-0.3, -0.25) is 0 Å². The third-order valence-corrected chi connectivity index (χ3v) is 5.34. The van der Waals surface area contributed by atoms with Crippen LogP contribution < -0.4 is 4.72 Å². The normalized spacial score (nSPS) is 24.4. The third kappa shape index (κ3) is 3.48. The summed E-state index contributed by atoms with van der Waals surface area (Å²) in [6.07, 6.45) is 2.57. The lowest BCUT2D eigenvalue weighted by atomic mass is 9.93. The number of aliphatic hydroxyl groups is 1. The van der Waals surface area contributed by atoms with E-state index in [2.05, 4.69) is 4.72 Å². The van der Waals surface area contributed by atoms with Gasteiger partial charge < -0.3 is 5.11 Å². The van der Waals surface area contributed by atoms with Gasteiger partial charge in [0.25, 0.3) is 0 Å². The standard InChI is InChI=1S/C13H18ClNO3S/c1-9-6-7-10(14)8-13(9)19(17,18)15-11-4-2-3-5-12(11)16/h6-8,11-12,15-16H,2-5H2,1H3/t11-,12-/m0/s1. The van der Waals surface area contributed by atoms with Crippen LogP contribution in [-0.2, 0) is 10.0 Å². The fourth-order valence-electron chi connectivity index (χ4n) is 2.37. The summed E-state index contributed by atoms with van der Waals surface area (Å²) >= 11 is 5.85. The van der Waals surface area contributed by atoms with Gasteiger partial charge in [-0.2, -0.15) is 0 Å². The number of rotatable bonds is 3. The molecule has 0 aliphatic heterocycles. The number of nitrogens with one attached hydrogen (secondary N) is 1. The van der Waals surface area contributed by atoms with Gasteiger partial charge in [0.05, 0.1) is 11.0 Å². The first kappa shape index (κ1) is 14.8. The van der Waals surface area contributed by atoms with Gasteiger partial charge in [-0.15, -0.1) is 0 Å². The molecule has 0 unspecified atom stereocenters. The summed E-state index contributed by atoms with van der Waals surface area (Å²) in [7, 11) is -3.64. The number of halogens is 1. The van der Waals surface area contributed by atoms with E-state index in [-0.39, 0.29) is 4.90 Å². The molecule has 0 heterocycles. The van der Waals surface area contributed by atoms with Gasteiger partial charge in [-0.05, 0) is 37.5 Å². The van der Waals surface area contributed by atoms with Gasteiger partial charge in [0.1, 0.15) is 0 Å². The van der Waals surface area contributed by atoms with E-state index >= 15 is 0 Å². The van der Waals surface area contributed by atoms with Crippen LogP contribution in [-0.4, -0.2) is 25.7 Å². The van der Waals surface area contributed by atoms with Crippen molar-refractivity contribution < 1.29 is 13.5 Å². The van der Waals surface area contributed by atoms with Crippen LogP contribution in [0.3, 0.4) is 0 Å². The average Bonchev–Trinajstić information content (AvgIpc) is 2.35. The molecule has 1 aromatic rings. The van der Waals surface area contributed by atoms with Gasteiger partial charge in [0.2, 0.25) is 10.0 Å². The Kier molecular flexibility index (Phi) is 4.50. The van der Waals surface area contributed by atoms with Crippen molar-refractivity contribution >= 4 is 21.6 Å².